The van der Waals surface area contributed by atoms with Crippen LogP contribution >= 0.6 is 11.6 Å². The van der Waals surface area contributed by atoms with Gasteiger partial charge in [-0.05, 0) is 43.3 Å². The maximum absolute atomic E-state index is 8.94. The largest absolute Gasteiger partial charge is 0.438 e. The molecule has 1 heterocycles. The van der Waals surface area contributed by atoms with Gasteiger partial charge in [0.05, 0.1) is 0 Å². The van der Waals surface area contributed by atoms with Gasteiger partial charge in [0.25, 0.3) is 0 Å². The van der Waals surface area contributed by atoms with E-state index in [-0.39, 0.29) is 0 Å². The summed E-state index contributed by atoms with van der Waals surface area (Å²) in [5, 5.41) is 9.57. The summed E-state index contributed by atoms with van der Waals surface area (Å²) < 4.78 is 5.54. The van der Waals surface area contributed by atoms with E-state index in [9.17, 15) is 0 Å². The fourth-order valence-electron chi connectivity index (χ4n) is 1.31. The van der Waals surface area contributed by atoms with Gasteiger partial charge in [-0.25, -0.2) is 4.98 Å². The summed E-state index contributed by atoms with van der Waals surface area (Å²) in [6.45, 7) is 1.84. The number of hydrogen-bond acceptors (Lipinski definition) is 3. The zero-order chi connectivity index (χ0) is 12.3. The third-order valence-corrected chi connectivity index (χ3v) is 2.40. The lowest BCUT2D eigenvalue weighted by Crippen LogP contribution is -1.93. The maximum Gasteiger partial charge on any atom is 0.237 e. The summed E-state index contributed by atoms with van der Waals surface area (Å²) in [5.41, 5.74) is 1.21. The molecule has 84 valence electrons. The number of aryl methyl sites for hydroxylation is 1. The highest BCUT2D eigenvalue weighted by Gasteiger charge is 2.06. The highest BCUT2D eigenvalue weighted by molar-refractivity contribution is 6.30. The second-order valence-corrected chi connectivity index (χ2v) is 3.91. The van der Waals surface area contributed by atoms with Crippen LogP contribution in [0.15, 0.2) is 36.4 Å². The van der Waals surface area contributed by atoms with E-state index in [1.165, 1.54) is 0 Å². The molecule has 4 heteroatoms. The summed E-state index contributed by atoms with van der Waals surface area (Å²) in [6, 6.07) is 12.4. The molecule has 2 aromatic rings. The van der Waals surface area contributed by atoms with Gasteiger partial charge in [0.15, 0.2) is 0 Å². The maximum atomic E-state index is 8.94. The third kappa shape index (κ3) is 2.74. The molecule has 0 saturated carbocycles. The molecule has 0 radical (unpaired) electrons. The number of ether oxygens (including phenoxy) is 1. The Kier molecular flexibility index (Phi) is 3.27. The van der Waals surface area contributed by atoms with Crippen LogP contribution in [0.1, 0.15) is 11.3 Å². The van der Waals surface area contributed by atoms with Gasteiger partial charge in [-0.3, -0.25) is 0 Å². The third-order valence-electron chi connectivity index (χ3n) is 2.15. The van der Waals surface area contributed by atoms with Crippen molar-refractivity contribution in [3.63, 3.8) is 0 Å². The van der Waals surface area contributed by atoms with Crippen LogP contribution in [-0.2, 0) is 0 Å². The van der Waals surface area contributed by atoms with E-state index in [1.807, 2.05) is 13.0 Å². The Hall–Kier alpha value is -2.05. The topological polar surface area (TPSA) is 45.9 Å². The summed E-state index contributed by atoms with van der Waals surface area (Å²) >= 11 is 5.77. The molecule has 17 heavy (non-hydrogen) atoms. The average Bonchev–Trinajstić information content (AvgIpc) is 2.32. The molecular weight excluding hydrogens is 236 g/mol. The van der Waals surface area contributed by atoms with E-state index in [1.54, 1.807) is 36.4 Å². The zero-order valence-electron chi connectivity index (χ0n) is 9.14. The monoisotopic (exact) mass is 244 g/mol. The van der Waals surface area contributed by atoms with Crippen LogP contribution in [0.3, 0.4) is 0 Å². The minimum atomic E-state index is 0.315. The van der Waals surface area contributed by atoms with Crippen molar-refractivity contribution in [1.82, 2.24) is 4.98 Å². The second kappa shape index (κ2) is 4.86. The SMILES string of the molecule is Cc1ccc(C#N)c(Oc2ccc(Cl)cc2)n1. The lowest BCUT2D eigenvalue weighted by Gasteiger charge is -2.06. The van der Waals surface area contributed by atoms with Crippen molar-refractivity contribution in [2.45, 2.75) is 6.92 Å². The Morgan fingerprint density at radius 2 is 1.88 bits per heavy atom. The molecule has 1 aromatic heterocycles. The van der Waals surface area contributed by atoms with E-state index in [2.05, 4.69) is 4.98 Å². The van der Waals surface area contributed by atoms with Gasteiger partial charge in [0, 0.05) is 10.7 Å². The lowest BCUT2D eigenvalue weighted by atomic mass is 10.2. The molecule has 0 bridgehead atoms. The molecular formula is C13H9ClN2O. The Bertz CT molecular complexity index is 573. The van der Waals surface area contributed by atoms with E-state index in [0.29, 0.717) is 22.2 Å². The first-order valence-corrected chi connectivity index (χ1v) is 5.38. The molecule has 0 fully saturated rings. The number of rotatable bonds is 2. The lowest BCUT2D eigenvalue weighted by molar-refractivity contribution is 0.460. The van der Waals surface area contributed by atoms with Crippen molar-refractivity contribution in [2.24, 2.45) is 0 Å². The number of halogens is 1. The van der Waals surface area contributed by atoms with Crippen LogP contribution in [0.4, 0.5) is 0 Å². The fourth-order valence-corrected chi connectivity index (χ4v) is 1.44. The van der Waals surface area contributed by atoms with Gasteiger partial charge in [0.2, 0.25) is 5.88 Å². The number of benzene rings is 1. The van der Waals surface area contributed by atoms with Crippen LogP contribution in [0.5, 0.6) is 11.6 Å². The van der Waals surface area contributed by atoms with Crippen molar-refractivity contribution >= 4 is 11.6 Å². The minimum Gasteiger partial charge on any atom is -0.438 e. The fraction of sp³-hybridized carbons (Fsp3) is 0.0769. The molecule has 0 aliphatic heterocycles. The van der Waals surface area contributed by atoms with Crippen molar-refractivity contribution in [1.29, 1.82) is 5.26 Å². The Morgan fingerprint density at radius 3 is 2.53 bits per heavy atom. The van der Waals surface area contributed by atoms with Gasteiger partial charge in [0.1, 0.15) is 17.4 Å². The number of nitriles is 1. The summed E-state index contributed by atoms with van der Waals surface area (Å²) in [5.74, 6) is 0.916. The van der Waals surface area contributed by atoms with Crippen molar-refractivity contribution in [2.75, 3.05) is 0 Å². The van der Waals surface area contributed by atoms with E-state index < -0.39 is 0 Å². The molecule has 3 nitrogen and oxygen atoms in total. The van der Waals surface area contributed by atoms with Gasteiger partial charge in [-0.15, -0.1) is 0 Å². The molecule has 0 unspecified atom stereocenters. The van der Waals surface area contributed by atoms with Crippen LogP contribution in [0.25, 0.3) is 0 Å². The quantitative estimate of drug-likeness (QED) is 0.809. The molecule has 0 N–H and O–H groups in total. The summed E-state index contributed by atoms with van der Waals surface area (Å²) in [4.78, 5) is 4.18. The van der Waals surface area contributed by atoms with Gasteiger partial charge >= 0.3 is 0 Å². The average molecular weight is 245 g/mol. The number of nitrogens with zero attached hydrogens (tertiary/aromatic N) is 2. The van der Waals surface area contributed by atoms with E-state index >= 15 is 0 Å². The molecule has 1 aromatic carbocycles. The van der Waals surface area contributed by atoms with E-state index in [0.717, 1.165) is 5.69 Å². The number of aromatic nitrogens is 1. The first kappa shape index (κ1) is 11.4. The van der Waals surface area contributed by atoms with Gasteiger partial charge < -0.3 is 4.74 Å². The van der Waals surface area contributed by atoms with Crippen molar-refractivity contribution < 1.29 is 4.74 Å². The predicted octanol–water partition coefficient (Wildman–Crippen LogP) is 3.71. The molecule has 2 rings (SSSR count). The normalized spacial score (nSPS) is 9.71. The second-order valence-electron chi connectivity index (χ2n) is 3.47. The van der Waals surface area contributed by atoms with Crippen LogP contribution in [-0.4, -0.2) is 4.98 Å². The van der Waals surface area contributed by atoms with Crippen molar-refractivity contribution in [3.8, 4) is 17.7 Å². The summed E-state index contributed by atoms with van der Waals surface area (Å²) in [6.07, 6.45) is 0. The molecule has 0 aliphatic rings. The first-order valence-electron chi connectivity index (χ1n) is 5.00. The highest BCUT2D eigenvalue weighted by Crippen LogP contribution is 2.24. The molecule has 0 atom stereocenters. The Morgan fingerprint density at radius 1 is 1.18 bits per heavy atom. The van der Waals surface area contributed by atoms with Crippen LogP contribution < -0.4 is 4.74 Å². The Labute approximate surface area is 104 Å². The van der Waals surface area contributed by atoms with Gasteiger partial charge in [-0.1, -0.05) is 11.6 Å². The Balaban J connectivity index is 2.32. The predicted molar refractivity (Wildman–Crippen MR) is 65.2 cm³/mol. The number of pyridine rings is 1. The standard InChI is InChI=1S/C13H9ClN2O/c1-9-2-3-10(8-15)13(16-9)17-12-6-4-11(14)5-7-12/h2-7H,1H3. The minimum absolute atomic E-state index is 0.315. The molecule has 0 spiro atoms. The highest BCUT2D eigenvalue weighted by atomic mass is 35.5. The van der Waals surface area contributed by atoms with Crippen molar-refractivity contribution in [3.05, 3.63) is 52.7 Å². The van der Waals surface area contributed by atoms with Crippen LogP contribution in [0, 0.1) is 18.3 Å². The van der Waals surface area contributed by atoms with E-state index in [4.69, 9.17) is 21.6 Å². The molecule has 0 amide bonds. The van der Waals surface area contributed by atoms with Gasteiger partial charge in [-0.2, -0.15) is 5.26 Å². The molecule has 0 saturated heterocycles. The first-order chi connectivity index (χ1) is 8.19. The van der Waals surface area contributed by atoms with Crippen LogP contribution in [0.2, 0.25) is 5.02 Å². The summed E-state index contributed by atoms with van der Waals surface area (Å²) in [7, 11) is 0. The number of hydrogen-bond donors (Lipinski definition) is 0. The zero-order valence-corrected chi connectivity index (χ0v) is 9.90. The molecule has 0 aliphatic carbocycles. The smallest absolute Gasteiger partial charge is 0.237 e.